The molecule has 2 fully saturated rings. The van der Waals surface area contributed by atoms with E-state index in [4.69, 9.17) is 9.84 Å². The first-order chi connectivity index (χ1) is 10.2. The molecule has 0 spiro atoms. The molecule has 0 unspecified atom stereocenters. The third-order valence-corrected chi connectivity index (χ3v) is 7.73. The van der Waals surface area contributed by atoms with Gasteiger partial charge in [-0.2, -0.15) is 0 Å². The van der Waals surface area contributed by atoms with E-state index in [-0.39, 0.29) is 0 Å². The summed E-state index contributed by atoms with van der Waals surface area (Å²) in [6, 6.07) is 0. The van der Waals surface area contributed by atoms with Gasteiger partial charge >= 0.3 is 0 Å². The highest BCUT2D eigenvalue weighted by Crippen LogP contribution is 2.39. The molecule has 0 amide bonds. The predicted octanol–water partition coefficient (Wildman–Crippen LogP) is 4.56. The Morgan fingerprint density at radius 2 is 2.00 bits per heavy atom. The molecule has 0 aromatic carbocycles. The van der Waals surface area contributed by atoms with Gasteiger partial charge in [0.2, 0.25) is 0 Å². The van der Waals surface area contributed by atoms with E-state index in [1.165, 1.54) is 50.0 Å². The maximum Gasteiger partial charge on any atom is 0.0605 e. The first-order valence-electron chi connectivity index (χ1n) is 8.68. The van der Waals surface area contributed by atoms with Crippen LogP contribution in [0.4, 0.5) is 0 Å². The quantitative estimate of drug-likeness (QED) is 0.660. The SMILES string of the molecule is C[C@H](CO)CCCC[C@@H]1O[C@@H](CC2SCCCS2)C[C@@H]1C. The second kappa shape index (κ2) is 9.69. The van der Waals surface area contributed by atoms with Gasteiger partial charge in [0.05, 0.1) is 16.8 Å². The smallest absolute Gasteiger partial charge is 0.0605 e. The fraction of sp³-hybridized carbons (Fsp3) is 1.00. The Kier molecular flexibility index (Phi) is 8.29. The van der Waals surface area contributed by atoms with Gasteiger partial charge in [0.15, 0.2) is 0 Å². The number of unbranched alkanes of at least 4 members (excludes halogenated alkanes) is 1. The minimum atomic E-state index is 0.328. The van der Waals surface area contributed by atoms with Crippen LogP contribution >= 0.6 is 23.5 Å². The summed E-state index contributed by atoms with van der Waals surface area (Å²) in [6.07, 6.45) is 9.71. The number of hydrogen-bond acceptors (Lipinski definition) is 4. The molecule has 0 bridgehead atoms. The van der Waals surface area contributed by atoms with Crippen molar-refractivity contribution in [2.24, 2.45) is 11.8 Å². The second-order valence-corrected chi connectivity index (χ2v) is 9.76. The number of aliphatic hydroxyl groups excluding tert-OH is 1. The molecule has 0 aliphatic carbocycles. The van der Waals surface area contributed by atoms with Crippen molar-refractivity contribution in [3.8, 4) is 0 Å². The van der Waals surface area contributed by atoms with Crippen molar-refractivity contribution in [2.75, 3.05) is 18.1 Å². The molecule has 0 aromatic heterocycles. The van der Waals surface area contributed by atoms with Crippen molar-refractivity contribution in [3.05, 3.63) is 0 Å². The fourth-order valence-corrected chi connectivity index (χ4v) is 6.32. The highest BCUT2D eigenvalue weighted by molar-refractivity contribution is 8.17. The Hall–Kier alpha value is 0.620. The van der Waals surface area contributed by atoms with Gasteiger partial charge < -0.3 is 9.84 Å². The summed E-state index contributed by atoms with van der Waals surface area (Å²) in [5.41, 5.74) is 0. The third-order valence-electron chi connectivity index (χ3n) is 4.74. The molecule has 2 aliphatic rings. The van der Waals surface area contributed by atoms with E-state index >= 15 is 0 Å². The van der Waals surface area contributed by atoms with Crippen LogP contribution < -0.4 is 0 Å². The molecule has 21 heavy (non-hydrogen) atoms. The lowest BCUT2D eigenvalue weighted by Crippen LogP contribution is -2.18. The Balaban J connectivity index is 1.61. The first-order valence-corrected chi connectivity index (χ1v) is 10.8. The van der Waals surface area contributed by atoms with Crippen molar-refractivity contribution in [3.63, 3.8) is 0 Å². The van der Waals surface area contributed by atoms with Crippen LogP contribution in [-0.2, 0) is 4.74 Å². The van der Waals surface area contributed by atoms with Crippen molar-refractivity contribution in [1.29, 1.82) is 0 Å². The fourth-order valence-electron chi connectivity index (χ4n) is 3.32. The van der Waals surface area contributed by atoms with Gasteiger partial charge in [-0.3, -0.25) is 0 Å². The van der Waals surface area contributed by atoms with Crippen LogP contribution in [-0.4, -0.2) is 40.0 Å². The summed E-state index contributed by atoms with van der Waals surface area (Å²) < 4.78 is 7.11. The average molecular weight is 333 g/mol. The van der Waals surface area contributed by atoms with Crippen LogP contribution in [0.2, 0.25) is 0 Å². The molecule has 0 saturated carbocycles. The summed E-state index contributed by atoms with van der Waals surface area (Å²) in [5.74, 6) is 3.86. The van der Waals surface area contributed by atoms with E-state index in [0.717, 1.165) is 16.9 Å². The van der Waals surface area contributed by atoms with Crippen LogP contribution in [0, 0.1) is 11.8 Å². The molecular weight excluding hydrogens is 300 g/mol. The van der Waals surface area contributed by atoms with Crippen LogP contribution in [0.3, 0.4) is 0 Å². The standard InChI is InChI=1S/C17H32O2S2/c1-13(12-18)6-3-4-7-16-14(2)10-15(19-16)11-17-20-8-5-9-21-17/h13-18H,3-12H2,1-2H3/t13-,14-,15+,16-/m0/s1. The summed E-state index contributed by atoms with van der Waals surface area (Å²) in [5, 5.41) is 9.05. The number of aliphatic hydroxyl groups is 1. The van der Waals surface area contributed by atoms with Gasteiger partial charge in [-0.1, -0.05) is 26.7 Å². The summed E-state index contributed by atoms with van der Waals surface area (Å²) in [6.45, 7) is 4.82. The van der Waals surface area contributed by atoms with Crippen molar-refractivity contribution < 1.29 is 9.84 Å². The highest BCUT2D eigenvalue weighted by atomic mass is 32.2. The van der Waals surface area contributed by atoms with E-state index in [0.29, 0.717) is 24.7 Å². The molecule has 4 atom stereocenters. The molecule has 2 nitrogen and oxygen atoms in total. The van der Waals surface area contributed by atoms with Gasteiger partial charge in [0.1, 0.15) is 0 Å². The van der Waals surface area contributed by atoms with Crippen LogP contribution in [0.5, 0.6) is 0 Å². The van der Waals surface area contributed by atoms with Gasteiger partial charge in [0.25, 0.3) is 0 Å². The average Bonchev–Trinajstić information content (AvgIpc) is 2.84. The summed E-state index contributed by atoms with van der Waals surface area (Å²) >= 11 is 4.28. The van der Waals surface area contributed by atoms with Gasteiger partial charge in [-0.25, -0.2) is 0 Å². The monoisotopic (exact) mass is 332 g/mol. The number of hydrogen-bond donors (Lipinski definition) is 1. The van der Waals surface area contributed by atoms with E-state index < -0.39 is 0 Å². The minimum Gasteiger partial charge on any atom is -0.396 e. The maximum atomic E-state index is 9.05. The van der Waals surface area contributed by atoms with Crippen molar-refractivity contribution in [2.45, 2.75) is 75.6 Å². The molecule has 2 heterocycles. The molecule has 0 radical (unpaired) electrons. The van der Waals surface area contributed by atoms with Gasteiger partial charge in [0, 0.05) is 6.61 Å². The largest absolute Gasteiger partial charge is 0.396 e. The van der Waals surface area contributed by atoms with Crippen LogP contribution in [0.15, 0.2) is 0 Å². The van der Waals surface area contributed by atoms with E-state index in [1.807, 2.05) is 0 Å². The third kappa shape index (κ3) is 6.32. The molecule has 4 heteroatoms. The molecule has 2 rings (SSSR count). The summed E-state index contributed by atoms with van der Waals surface area (Å²) in [4.78, 5) is 0. The minimum absolute atomic E-state index is 0.328. The molecule has 2 saturated heterocycles. The number of rotatable bonds is 8. The molecule has 1 N–H and O–H groups in total. The zero-order valence-electron chi connectivity index (χ0n) is 13.6. The van der Waals surface area contributed by atoms with Gasteiger partial charge in [-0.05, 0) is 55.4 Å². The molecular formula is C17H32O2S2. The van der Waals surface area contributed by atoms with Crippen molar-refractivity contribution >= 4 is 23.5 Å². The van der Waals surface area contributed by atoms with Crippen LogP contribution in [0.25, 0.3) is 0 Å². The van der Waals surface area contributed by atoms with E-state index in [1.54, 1.807) is 0 Å². The zero-order valence-corrected chi connectivity index (χ0v) is 15.3. The topological polar surface area (TPSA) is 29.5 Å². The normalized spacial score (nSPS) is 32.4. The lowest BCUT2D eigenvalue weighted by atomic mass is 9.95. The predicted molar refractivity (Wildman–Crippen MR) is 95.1 cm³/mol. The lowest BCUT2D eigenvalue weighted by molar-refractivity contribution is 0.0278. The van der Waals surface area contributed by atoms with Crippen LogP contribution in [0.1, 0.15) is 58.8 Å². The Morgan fingerprint density at radius 3 is 2.71 bits per heavy atom. The lowest BCUT2D eigenvalue weighted by Gasteiger charge is -2.23. The summed E-state index contributed by atoms with van der Waals surface area (Å²) in [7, 11) is 0. The Morgan fingerprint density at radius 1 is 1.24 bits per heavy atom. The Bertz CT molecular complexity index is 282. The molecule has 124 valence electrons. The number of thioether (sulfide) groups is 2. The Labute approximate surface area is 139 Å². The second-order valence-electron chi connectivity index (χ2n) is 6.84. The van der Waals surface area contributed by atoms with Crippen molar-refractivity contribution in [1.82, 2.24) is 0 Å². The molecule has 2 aliphatic heterocycles. The van der Waals surface area contributed by atoms with E-state index in [9.17, 15) is 0 Å². The molecule has 0 aromatic rings. The maximum absolute atomic E-state index is 9.05. The first kappa shape index (κ1) is 18.0. The zero-order chi connectivity index (χ0) is 15.1. The highest BCUT2D eigenvalue weighted by Gasteiger charge is 2.33. The van der Waals surface area contributed by atoms with Gasteiger partial charge in [-0.15, -0.1) is 23.5 Å². The number of ether oxygens (including phenoxy) is 1. The van der Waals surface area contributed by atoms with E-state index in [2.05, 4.69) is 37.4 Å².